The van der Waals surface area contributed by atoms with Crippen LogP contribution in [0.3, 0.4) is 0 Å². The molecule has 11 heavy (non-hydrogen) atoms. The molecule has 1 rings (SSSR count). The average Bonchev–Trinajstić information content (AvgIpc) is 2.04. The molecule has 0 atom stereocenters. The van der Waals surface area contributed by atoms with E-state index in [0.29, 0.717) is 11.8 Å². The molecular formula is C7H8N2O2. The Morgan fingerprint density at radius 1 is 1.73 bits per heavy atom. The molecular weight excluding hydrogens is 144 g/mol. The van der Waals surface area contributed by atoms with Crippen LogP contribution in [0.15, 0.2) is 12.3 Å². The normalized spacial score (nSPS) is 9.55. The molecule has 0 bridgehead atoms. The molecule has 0 saturated heterocycles. The first-order valence-corrected chi connectivity index (χ1v) is 3.09. The van der Waals surface area contributed by atoms with E-state index >= 15 is 0 Å². The van der Waals surface area contributed by atoms with Gasteiger partial charge in [-0.1, -0.05) is 0 Å². The lowest BCUT2D eigenvalue weighted by Gasteiger charge is -2.01. The van der Waals surface area contributed by atoms with Crippen LogP contribution < -0.4 is 5.73 Å². The van der Waals surface area contributed by atoms with E-state index in [1.54, 1.807) is 6.07 Å². The third-order valence-electron chi connectivity index (χ3n) is 1.40. The summed E-state index contributed by atoms with van der Waals surface area (Å²) in [6.07, 6.45) is 2.04. The highest BCUT2D eigenvalue weighted by molar-refractivity contribution is 5.83. The quantitative estimate of drug-likeness (QED) is 0.583. The number of nitrogens with two attached hydrogens (primary N) is 1. The molecule has 0 spiro atoms. The third-order valence-corrected chi connectivity index (χ3v) is 1.40. The van der Waals surface area contributed by atoms with Gasteiger partial charge < -0.3 is 10.8 Å². The van der Waals surface area contributed by atoms with Gasteiger partial charge in [0.1, 0.15) is 5.82 Å². The SMILES string of the molecule is Nc1nccc(CO)c1C=O. The highest BCUT2D eigenvalue weighted by Gasteiger charge is 2.03. The van der Waals surface area contributed by atoms with Crippen molar-refractivity contribution in [2.75, 3.05) is 5.73 Å². The van der Waals surface area contributed by atoms with Crippen LogP contribution in [0.2, 0.25) is 0 Å². The highest BCUT2D eigenvalue weighted by atomic mass is 16.3. The molecule has 0 fully saturated rings. The van der Waals surface area contributed by atoms with Crippen LogP contribution >= 0.6 is 0 Å². The molecule has 0 saturated carbocycles. The van der Waals surface area contributed by atoms with Crippen molar-refractivity contribution in [3.8, 4) is 0 Å². The molecule has 0 radical (unpaired) electrons. The van der Waals surface area contributed by atoms with Crippen LogP contribution in [0.1, 0.15) is 15.9 Å². The maximum Gasteiger partial charge on any atom is 0.154 e. The predicted molar refractivity (Wildman–Crippen MR) is 40.0 cm³/mol. The number of hydrogen-bond donors (Lipinski definition) is 2. The third kappa shape index (κ3) is 1.35. The molecule has 0 unspecified atom stereocenters. The van der Waals surface area contributed by atoms with Gasteiger partial charge in [-0.05, 0) is 11.6 Å². The molecule has 0 aromatic carbocycles. The number of rotatable bonds is 2. The second-order valence-electron chi connectivity index (χ2n) is 2.04. The molecule has 0 aliphatic rings. The Hall–Kier alpha value is -1.42. The number of carbonyl (C=O) groups excluding carboxylic acids is 1. The van der Waals surface area contributed by atoms with Crippen molar-refractivity contribution >= 4 is 12.1 Å². The van der Waals surface area contributed by atoms with E-state index in [4.69, 9.17) is 10.8 Å². The van der Waals surface area contributed by atoms with Gasteiger partial charge in [0, 0.05) is 6.20 Å². The zero-order chi connectivity index (χ0) is 8.27. The average molecular weight is 152 g/mol. The summed E-state index contributed by atoms with van der Waals surface area (Å²) in [5.74, 6) is 0.159. The monoisotopic (exact) mass is 152 g/mol. The molecule has 1 aromatic heterocycles. The number of pyridine rings is 1. The minimum Gasteiger partial charge on any atom is -0.392 e. The van der Waals surface area contributed by atoms with Gasteiger partial charge in [0.25, 0.3) is 0 Å². The molecule has 1 heterocycles. The van der Waals surface area contributed by atoms with E-state index in [1.165, 1.54) is 6.20 Å². The second-order valence-corrected chi connectivity index (χ2v) is 2.04. The number of aliphatic hydroxyl groups excluding tert-OH is 1. The first kappa shape index (κ1) is 7.68. The number of hydrogen-bond acceptors (Lipinski definition) is 4. The summed E-state index contributed by atoms with van der Waals surface area (Å²) in [7, 11) is 0. The minimum atomic E-state index is -0.194. The number of nitrogens with zero attached hydrogens (tertiary/aromatic N) is 1. The Bertz CT molecular complexity index is 273. The van der Waals surface area contributed by atoms with Crippen molar-refractivity contribution in [2.45, 2.75) is 6.61 Å². The van der Waals surface area contributed by atoms with Gasteiger partial charge in [-0.2, -0.15) is 0 Å². The summed E-state index contributed by atoms with van der Waals surface area (Å²) < 4.78 is 0. The molecule has 0 aliphatic carbocycles. The fourth-order valence-electron chi connectivity index (χ4n) is 0.805. The van der Waals surface area contributed by atoms with Gasteiger partial charge in [-0.15, -0.1) is 0 Å². The first-order chi connectivity index (χ1) is 5.29. The maximum absolute atomic E-state index is 10.4. The molecule has 0 aliphatic heterocycles. The number of aldehydes is 1. The zero-order valence-corrected chi connectivity index (χ0v) is 5.82. The molecule has 4 heteroatoms. The smallest absolute Gasteiger partial charge is 0.154 e. The summed E-state index contributed by atoms with van der Waals surface area (Å²) in [6, 6.07) is 1.56. The summed E-state index contributed by atoms with van der Waals surface area (Å²) in [6.45, 7) is -0.194. The number of carbonyl (C=O) groups is 1. The summed E-state index contributed by atoms with van der Waals surface area (Å²) >= 11 is 0. The van der Waals surface area contributed by atoms with Crippen molar-refractivity contribution in [1.29, 1.82) is 0 Å². The van der Waals surface area contributed by atoms with Crippen LogP contribution in [-0.2, 0) is 6.61 Å². The van der Waals surface area contributed by atoms with Gasteiger partial charge >= 0.3 is 0 Å². The van der Waals surface area contributed by atoms with Crippen LogP contribution in [0.4, 0.5) is 5.82 Å². The Morgan fingerprint density at radius 3 is 2.91 bits per heavy atom. The van der Waals surface area contributed by atoms with Crippen LogP contribution in [0, 0.1) is 0 Å². The van der Waals surface area contributed by atoms with Gasteiger partial charge in [0.2, 0.25) is 0 Å². The fourth-order valence-corrected chi connectivity index (χ4v) is 0.805. The molecule has 3 N–H and O–H groups in total. The van der Waals surface area contributed by atoms with Crippen LogP contribution in [-0.4, -0.2) is 16.4 Å². The van der Waals surface area contributed by atoms with Gasteiger partial charge in [0.05, 0.1) is 12.2 Å². The topological polar surface area (TPSA) is 76.2 Å². The Balaban J connectivity index is 3.24. The highest BCUT2D eigenvalue weighted by Crippen LogP contribution is 2.10. The molecule has 4 nitrogen and oxygen atoms in total. The lowest BCUT2D eigenvalue weighted by molar-refractivity contribution is 0.112. The van der Waals surface area contributed by atoms with Crippen molar-refractivity contribution in [1.82, 2.24) is 4.98 Å². The zero-order valence-electron chi connectivity index (χ0n) is 5.82. The second kappa shape index (κ2) is 3.12. The van der Waals surface area contributed by atoms with Crippen molar-refractivity contribution < 1.29 is 9.90 Å². The largest absolute Gasteiger partial charge is 0.392 e. The number of aliphatic hydroxyl groups is 1. The van der Waals surface area contributed by atoms with E-state index in [2.05, 4.69) is 4.98 Å². The molecule has 58 valence electrons. The van der Waals surface area contributed by atoms with E-state index in [1.807, 2.05) is 0 Å². The summed E-state index contributed by atoms with van der Waals surface area (Å²) in [5.41, 5.74) is 6.13. The van der Waals surface area contributed by atoms with E-state index in [-0.39, 0.29) is 18.0 Å². The van der Waals surface area contributed by atoms with E-state index < -0.39 is 0 Å². The van der Waals surface area contributed by atoms with Crippen LogP contribution in [0.5, 0.6) is 0 Å². The van der Waals surface area contributed by atoms with E-state index in [9.17, 15) is 4.79 Å². The standard InChI is InChI=1S/C7H8N2O2/c8-7-6(4-11)5(3-10)1-2-9-7/h1-2,4,10H,3H2,(H2,8,9). The van der Waals surface area contributed by atoms with Crippen LogP contribution in [0.25, 0.3) is 0 Å². The lowest BCUT2D eigenvalue weighted by Crippen LogP contribution is -2.00. The van der Waals surface area contributed by atoms with Gasteiger partial charge in [-0.25, -0.2) is 4.98 Å². The van der Waals surface area contributed by atoms with Crippen molar-refractivity contribution in [3.63, 3.8) is 0 Å². The number of anilines is 1. The number of aromatic nitrogens is 1. The van der Waals surface area contributed by atoms with Gasteiger partial charge in [-0.3, -0.25) is 4.79 Å². The van der Waals surface area contributed by atoms with E-state index in [0.717, 1.165) is 0 Å². The maximum atomic E-state index is 10.4. The summed E-state index contributed by atoms with van der Waals surface area (Å²) in [5, 5.41) is 8.73. The molecule has 1 aromatic rings. The fraction of sp³-hybridized carbons (Fsp3) is 0.143. The molecule has 0 amide bonds. The Kier molecular flexibility index (Phi) is 2.18. The number of nitrogen functional groups attached to an aromatic ring is 1. The van der Waals surface area contributed by atoms with Gasteiger partial charge in [0.15, 0.2) is 6.29 Å². The lowest BCUT2D eigenvalue weighted by atomic mass is 10.1. The first-order valence-electron chi connectivity index (χ1n) is 3.09. The minimum absolute atomic E-state index is 0.159. The van der Waals surface area contributed by atoms with Crippen molar-refractivity contribution in [2.24, 2.45) is 0 Å². The Labute approximate surface area is 63.7 Å². The summed E-state index contributed by atoms with van der Waals surface area (Å²) in [4.78, 5) is 14.1. The predicted octanol–water partition coefficient (Wildman–Crippen LogP) is -0.0314. The van der Waals surface area contributed by atoms with Crippen molar-refractivity contribution in [3.05, 3.63) is 23.4 Å². The Morgan fingerprint density at radius 2 is 2.45 bits per heavy atom.